The van der Waals surface area contributed by atoms with Gasteiger partial charge in [0.1, 0.15) is 0 Å². The summed E-state index contributed by atoms with van der Waals surface area (Å²) in [7, 11) is 0. The number of nitrogens with one attached hydrogen (secondary N) is 1. The summed E-state index contributed by atoms with van der Waals surface area (Å²) in [5, 5.41) is 3.01. The lowest BCUT2D eigenvalue weighted by molar-refractivity contribution is -0.126. The van der Waals surface area contributed by atoms with E-state index in [2.05, 4.69) is 10.3 Å². The maximum atomic E-state index is 12.0. The summed E-state index contributed by atoms with van der Waals surface area (Å²) in [4.78, 5) is 17.3. The molecule has 1 aromatic heterocycles. The Kier molecular flexibility index (Phi) is 4.12. The number of rotatable bonds is 4. The number of carbonyl (C=O) groups is 1. The number of hydrogen-bond acceptors (Lipinski definition) is 4. The van der Waals surface area contributed by atoms with E-state index >= 15 is 0 Å². The highest BCUT2D eigenvalue weighted by molar-refractivity contribution is 7.09. The van der Waals surface area contributed by atoms with Crippen LogP contribution in [0.4, 0.5) is 0 Å². The molecule has 0 unspecified atom stereocenters. The van der Waals surface area contributed by atoms with E-state index in [1.54, 1.807) is 11.3 Å². The number of nitrogens with two attached hydrogens (primary N) is 1. The lowest BCUT2D eigenvalue weighted by Gasteiger charge is -2.17. The van der Waals surface area contributed by atoms with Crippen LogP contribution >= 0.6 is 11.3 Å². The molecule has 0 spiro atoms. The molecule has 1 amide bonds. The summed E-state index contributed by atoms with van der Waals surface area (Å²) in [5.41, 5.74) is 8.51. The molecule has 1 aliphatic carbocycles. The fourth-order valence-electron chi connectivity index (χ4n) is 2.46. The number of amides is 1. The van der Waals surface area contributed by atoms with Crippen molar-refractivity contribution in [1.29, 1.82) is 0 Å². The van der Waals surface area contributed by atoms with Gasteiger partial charge in [0.15, 0.2) is 0 Å². The molecule has 2 rings (SSSR count). The second-order valence-corrected chi connectivity index (χ2v) is 5.55. The summed E-state index contributed by atoms with van der Waals surface area (Å²) in [6.45, 7) is 3.19. The molecule has 1 aliphatic rings. The van der Waals surface area contributed by atoms with E-state index in [4.69, 9.17) is 5.73 Å². The topological polar surface area (TPSA) is 68.0 Å². The van der Waals surface area contributed by atoms with E-state index in [9.17, 15) is 4.79 Å². The van der Waals surface area contributed by atoms with E-state index in [1.165, 1.54) is 0 Å². The number of hydrogen-bond donors (Lipinski definition) is 2. The van der Waals surface area contributed by atoms with Gasteiger partial charge >= 0.3 is 0 Å². The van der Waals surface area contributed by atoms with Gasteiger partial charge in [0, 0.05) is 10.8 Å². The molecule has 1 heterocycles. The normalized spacial score (nSPS) is 23.9. The molecule has 2 atom stereocenters. The summed E-state index contributed by atoms with van der Waals surface area (Å²) in [6.07, 6.45) is 3.20. The van der Waals surface area contributed by atoms with Crippen LogP contribution in [0.3, 0.4) is 0 Å². The molecule has 0 saturated heterocycles. The molecule has 0 bridgehead atoms. The van der Waals surface area contributed by atoms with Crippen LogP contribution < -0.4 is 11.1 Å². The monoisotopic (exact) mass is 253 g/mol. The van der Waals surface area contributed by atoms with E-state index in [1.807, 2.05) is 12.4 Å². The van der Waals surface area contributed by atoms with Gasteiger partial charge in [0.05, 0.1) is 17.7 Å². The Morgan fingerprint density at radius 3 is 3.12 bits per heavy atom. The zero-order valence-electron chi connectivity index (χ0n) is 10.1. The van der Waals surface area contributed by atoms with Gasteiger partial charge in [0.2, 0.25) is 5.91 Å². The van der Waals surface area contributed by atoms with Gasteiger partial charge in [-0.15, -0.1) is 11.3 Å². The van der Waals surface area contributed by atoms with Gasteiger partial charge < -0.3 is 11.1 Å². The largest absolute Gasteiger partial charge is 0.351 e. The van der Waals surface area contributed by atoms with Crippen LogP contribution in [0.25, 0.3) is 0 Å². The third kappa shape index (κ3) is 2.84. The molecule has 1 fully saturated rings. The molecule has 0 aliphatic heterocycles. The molecular weight excluding hydrogens is 234 g/mol. The lowest BCUT2D eigenvalue weighted by atomic mass is 9.95. The van der Waals surface area contributed by atoms with Crippen molar-refractivity contribution in [1.82, 2.24) is 10.3 Å². The SMILES string of the molecule is Cc1ncsc1CNC(=O)[C@@H]1CCC[C@@H]1CN. The Hall–Kier alpha value is -0.940. The lowest BCUT2D eigenvalue weighted by Crippen LogP contribution is -2.34. The average molecular weight is 253 g/mol. The predicted octanol–water partition coefficient (Wildman–Crippen LogP) is 1.44. The molecule has 4 nitrogen and oxygen atoms in total. The van der Waals surface area contributed by atoms with Crippen molar-refractivity contribution in [3.63, 3.8) is 0 Å². The van der Waals surface area contributed by atoms with Gasteiger partial charge in [0.25, 0.3) is 0 Å². The zero-order chi connectivity index (χ0) is 12.3. The molecule has 0 radical (unpaired) electrons. The molecule has 0 aromatic carbocycles. The second-order valence-electron chi connectivity index (χ2n) is 4.61. The number of thiazole rings is 1. The Morgan fingerprint density at radius 2 is 2.47 bits per heavy atom. The molecule has 3 N–H and O–H groups in total. The van der Waals surface area contributed by atoms with Crippen molar-refractivity contribution in [3.8, 4) is 0 Å². The van der Waals surface area contributed by atoms with Gasteiger partial charge in [-0.2, -0.15) is 0 Å². The average Bonchev–Trinajstić information content (AvgIpc) is 2.94. The Morgan fingerprint density at radius 1 is 1.65 bits per heavy atom. The summed E-state index contributed by atoms with van der Waals surface area (Å²) in [6, 6.07) is 0. The van der Waals surface area contributed by atoms with Gasteiger partial charge in [-0.3, -0.25) is 4.79 Å². The van der Waals surface area contributed by atoms with Crippen LogP contribution in [-0.4, -0.2) is 17.4 Å². The van der Waals surface area contributed by atoms with Crippen LogP contribution in [0.15, 0.2) is 5.51 Å². The fourth-order valence-corrected chi connectivity index (χ4v) is 3.18. The Balaban J connectivity index is 1.87. The van der Waals surface area contributed by atoms with Crippen molar-refractivity contribution in [3.05, 3.63) is 16.1 Å². The molecule has 5 heteroatoms. The minimum atomic E-state index is 0.119. The smallest absolute Gasteiger partial charge is 0.223 e. The van der Waals surface area contributed by atoms with Crippen LogP contribution in [-0.2, 0) is 11.3 Å². The number of carbonyl (C=O) groups excluding carboxylic acids is 1. The third-order valence-electron chi connectivity index (χ3n) is 3.57. The van der Waals surface area contributed by atoms with Gasteiger partial charge in [-0.05, 0) is 32.2 Å². The highest BCUT2D eigenvalue weighted by Gasteiger charge is 2.31. The maximum Gasteiger partial charge on any atom is 0.223 e. The zero-order valence-corrected chi connectivity index (χ0v) is 10.9. The first kappa shape index (κ1) is 12.5. The number of aromatic nitrogens is 1. The Labute approximate surface area is 106 Å². The van der Waals surface area contributed by atoms with Crippen LogP contribution in [0.1, 0.15) is 29.8 Å². The van der Waals surface area contributed by atoms with Crippen molar-refractivity contribution in [2.45, 2.75) is 32.7 Å². The molecular formula is C12H19N3OS. The maximum absolute atomic E-state index is 12.0. The first-order chi connectivity index (χ1) is 8.22. The van der Waals surface area contributed by atoms with Gasteiger partial charge in [-0.25, -0.2) is 4.98 Å². The van der Waals surface area contributed by atoms with E-state index in [0.29, 0.717) is 19.0 Å². The summed E-state index contributed by atoms with van der Waals surface area (Å²) in [5.74, 6) is 0.650. The second kappa shape index (κ2) is 5.60. The quantitative estimate of drug-likeness (QED) is 0.853. The highest BCUT2D eigenvalue weighted by atomic mass is 32.1. The molecule has 1 aromatic rings. The minimum absolute atomic E-state index is 0.119. The van der Waals surface area contributed by atoms with Gasteiger partial charge in [-0.1, -0.05) is 6.42 Å². The minimum Gasteiger partial charge on any atom is -0.351 e. The van der Waals surface area contributed by atoms with Crippen molar-refractivity contribution < 1.29 is 4.79 Å². The van der Waals surface area contributed by atoms with Crippen LogP contribution in [0, 0.1) is 18.8 Å². The Bertz CT molecular complexity index is 391. The molecule has 17 heavy (non-hydrogen) atoms. The number of aryl methyl sites for hydroxylation is 1. The number of nitrogens with zero attached hydrogens (tertiary/aromatic N) is 1. The van der Waals surface area contributed by atoms with Crippen LogP contribution in [0.5, 0.6) is 0 Å². The van der Waals surface area contributed by atoms with Crippen LogP contribution in [0.2, 0.25) is 0 Å². The molecule has 94 valence electrons. The van der Waals surface area contributed by atoms with E-state index < -0.39 is 0 Å². The van der Waals surface area contributed by atoms with Crippen molar-refractivity contribution in [2.24, 2.45) is 17.6 Å². The van der Waals surface area contributed by atoms with Crippen molar-refractivity contribution in [2.75, 3.05) is 6.54 Å². The fraction of sp³-hybridized carbons (Fsp3) is 0.667. The summed E-state index contributed by atoms with van der Waals surface area (Å²) >= 11 is 1.59. The first-order valence-corrected chi connectivity index (χ1v) is 6.97. The predicted molar refractivity (Wildman–Crippen MR) is 68.6 cm³/mol. The highest BCUT2D eigenvalue weighted by Crippen LogP contribution is 2.31. The first-order valence-electron chi connectivity index (χ1n) is 6.09. The third-order valence-corrected chi connectivity index (χ3v) is 4.50. The summed E-state index contributed by atoms with van der Waals surface area (Å²) < 4.78 is 0. The van der Waals surface area contributed by atoms with E-state index in [0.717, 1.165) is 29.8 Å². The standard InChI is InChI=1S/C12H19N3OS/c1-8-11(17-7-15-8)6-14-12(16)10-4-2-3-9(10)5-13/h7,9-10H,2-6,13H2,1H3,(H,14,16)/t9-,10-/m1/s1. The molecule has 1 saturated carbocycles. The van der Waals surface area contributed by atoms with Crippen molar-refractivity contribution >= 4 is 17.2 Å². The van der Waals surface area contributed by atoms with E-state index in [-0.39, 0.29) is 11.8 Å².